The lowest BCUT2D eigenvalue weighted by Crippen LogP contribution is -2.26. The first kappa shape index (κ1) is 16.1. The molecule has 24 heavy (non-hydrogen) atoms. The molecule has 3 aromatic rings. The molecule has 2 N–H and O–H groups in total. The topological polar surface area (TPSA) is 126 Å². The molecule has 2 aromatic heterocycles. The van der Waals surface area contributed by atoms with Gasteiger partial charge in [-0.1, -0.05) is 0 Å². The Balaban J connectivity index is 2.08. The van der Waals surface area contributed by atoms with E-state index in [0.717, 1.165) is 11.3 Å². The minimum atomic E-state index is -4.75. The lowest BCUT2D eigenvalue weighted by molar-refractivity contribution is 0.0692. The molecule has 0 atom stereocenters. The fraction of sp³-hybridized carbons (Fsp3) is 0. The smallest absolute Gasteiger partial charge is 0.365 e. The molecule has 2 heterocycles. The van der Waals surface area contributed by atoms with E-state index in [1.54, 1.807) is 35.3 Å². The fourth-order valence-electron chi connectivity index (χ4n) is 2.05. The van der Waals surface area contributed by atoms with Crippen molar-refractivity contribution in [3.05, 3.63) is 53.9 Å². The summed E-state index contributed by atoms with van der Waals surface area (Å²) in [5.41, 5.74) is 1.46. The van der Waals surface area contributed by atoms with Gasteiger partial charge in [0.15, 0.2) is 5.69 Å². The summed E-state index contributed by atoms with van der Waals surface area (Å²) >= 11 is 0.787. The highest BCUT2D eigenvalue weighted by Gasteiger charge is 2.29. The van der Waals surface area contributed by atoms with Gasteiger partial charge in [-0.15, -0.1) is 11.3 Å². The zero-order valence-electron chi connectivity index (χ0n) is 11.8. The fourth-order valence-corrected chi connectivity index (χ4v) is 3.85. The number of thiazole rings is 1. The number of carboxylic acid groups (broad SMARTS) is 1. The Morgan fingerprint density at radius 2 is 1.96 bits per heavy atom. The molecule has 1 aromatic carbocycles. The van der Waals surface area contributed by atoms with Crippen LogP contribution in [0.25, 0.3) is 5.69 Å². The molecule has 0 unspecified atom stereocenters. The lowest BCUT2D eigenvalue weighted by Gasteiger charge is -2.19. The van der Waals surface area contributed by atoms with Crippen molar-refractivity contribution in [1.82, 2.24) is 14.8 Å². The number of carboxylic acids is 1. The molecule has 0 radical (unpaired) electrons. The van der Waals surface area contributed by atoms with E-state index in [1.165, 1.54) is 17.6 Å². The first-order chi connectivity index (χ1) is 11.4. The molecule has 124 valence electrons. The van der Waals surface area contributed by atoms with Crippen LogP contribution in [0.2, 0.25) is 0 Å². The highest BCUT2D eigenvalue weighted by atomic mass is 32.2. The van der Waals surface area contributed by atoms with Crippen molar-refractivity contribution in [3.8, 4) is 5.69 Å². The second kappa shape index (κ2) is 6.03. The maximum Gasteiger partial charge on any atom is 0.365 e. The van der Waals surface area contributed by atoms with Crippen molar-refractivity contribution < 1.29 is 22.9 Å². The van der Waals surface area contributed by atoms with Gasteiger partial charge in [-0.2, -0.15) is 13.5 Å². The van der Waals surface area contributed by atoms with Crippen molar-refractivity contribution in [1.29, 1.82) is 0 Å². The molecule has 0 spiro atoms. The summed E-state index contributed by atoms with van der Waals surface area (Å²) < 4.78 is 35.2. The first-order valence-corrected chi connectivity index (χ1v) is 8.70. The van der Waals surface area contributed by atoms with E-state index < -0.39 is 22.0 Å². The van der Waals surface area contributed by atoms with Gasteiger partial charge in [0.1, 0.15) is 5.00 Å². The van der Waals surface area contributed by atoms with Crippen molar-refractivity contribution in [2.45, 2.75) is 0 Å². The van der Waals surface area contributed by atoms with Crippen LogP contribution in [0.3, 0.4) is 0 Å². The molecule has 0 aliphatic rings. The average Bonchev–Trinajstić information content (AvgIpc) is 3.18. The molecule has 0 aliphatic heterocycles. The monoisotopic (exact) mass is 366 g/mol. The minimum Gasteiger partial charge on any atom is -0.476 e. The van der Waals surface area contributed by atoms with E-state index in [2.05, 4.69) is 10.1 Å². The Hall–Kier alpha value is -2.76. The zero-order chi connectivity index (χ0) is 17.3. The lowest BCUT2D eigenvalue weighted by atomic mass is 10.3. The second-order valence-corrected chi connectivity index (χ2v) is 6.61. The molecule has 9 nitrogen and oxygen atoms in total. The largest absolute Gasteiger partial charge is 0.476 e. The summed E-state index contributed by atoms with van der Waals surface area (Å²) in [6, 6.07) is 7.76. The molecular weight excluding hydrogens is 356 g/mol. The Labute approximate surface area is 140 Å². The number of carbonyl (C=O) groups is 1. The summed E-state index contributed by atoms with van der Waals surface area (Å²) in [5.74, 6) is -1.40. The van der Waals surface area contributed by atoms with Crippen LogP contribution in [0, 0.1) is 0 Å². The standard InChI is InChI=1S/C13H10N4O5S2/c18-13(19)11-12(23-8-14-11)17(24(20,21)22)10-4-2-9(3-5-10)16-7-1-6-15-16/h1-8H,(H,18,19)(H,20,21,22). The maximum atomic E-state index is 11.8. The van der Waals surface area contributed by atoms with Crippen LogP contribution < -0.4 is 4.31 Å². The second-order valence-electron chi connectivity index (χ2n) is 4.52. The molecule has 0 fully saturated rings. The molecular formula is C13H10N4O5S2. The summed E-state index contributed by atoms with van der Waals surface area (Å²) in [5, 5.41) is 13.0. The van der Waals surface area contributed by atoms with Crippen LogP contribution in [0.4, 0.5) is 10.7 Å². The predicted octanol–water partition coefficient (Wildman–Crippen LogP) is 1.97. The quantitative estimate of drug-likeness (QED) is 0.661. The number of aromatic nitrogens is 3. The molecule has 0 saturated heterocycles. The van der Waals surface area contributed by atoms with Gasteiger partial charge in [0, 0.05) is 12.4 Å². The van der Waals surface area contributed by atoms with Crippen LogP contribution in [-0.2, 0) is 10.3 Å². The van der Waals surface area contributed by atoms with Crippen LogP contribution in [0.1, 0.15) is 10.5 Å². The number of benzene rings is 1. The Kier molecular flexibility index (Phi) is 4.05. The van der Waals surface area contributed by atoms with Gasteiger partial charge in [0.2, 0.25) is 0 Å². The van der Waals surface area contributed by atoms with Crippen molar-refractivity contribution >= 4 is 38.3 Å². The number of anilines is 2. The highest BCUT2D eigenvalue weighted by molar-refractivity contribution is 7.87. The Morgan fingerprint density at radius 1 is 1.25 bits per heavy atom. The zero-order valence-corrected chi connectivity index (χ0v) is 13.5. The summed E-state index contributed by atoms with van der Waals surface area (Å²) in [4.78, 5) is 14.8. The van der Waals surface area contributed by atoms with Crippen LogP contribution in [0.15, 0.2) is 48.2 Å². The van der Waals surface area contributed by atoms with Gasteiger partial charge in [0.05, 0.1) is 16.9 Å². The van der Waals surface area contributed by atoms with Gasteiger partial charge in [-0.25, -0.2) is 18.8 Å². The molecule has 11 heteroatoms. The molecule has 3 rings (SSSR count). The van der Waals surface area contributed by atoms with Gasteiger partial charge in [-0.3, -0.25) is 4.55 Å². The van der Waals surface area contributed by atoms with Crippen LogP contribution >= 0.6 is 11.3 Å². The van der Waals surface area contributed by atoms with Gasteiger partial charge >= 0.3 is 16.3 Å². The van der Waals surface area contributed by atoms with E-state index in [4.69, 9.17) is 5.11 Å². The number of hydrogen-bond acceptors (Lipinski definition) is 6. The Morgan fingerprint density at radius 3 is 2.50 bits per heavy atom. The average molecular weight is 366 g/mol. The SMILES string of the molecule is O=C(O)c1ncsc1N(c1ccc(-n2cccn2)cc1)S(=O)(=O)O. The summed E-state index contributed by atoms with van der Waals surface area (Å²) in [7, 11) is -4.75. The van der Waals surface area contributed by atoms with E-state index in [-0.39, 0.29) is 10.7 Å². The normalized spacial score (nSPS) is 11.4. The third-order valence-corrected chi connectivity index (χ3v) is 4.80. The summed E-state index contributed by atoms with van der Waals surface area (Å²) in [6.45, 7) is 0. The molecule has 0 amide bonds. The third-order valence-electron chi connectivity index (χ3n) is 3.02. The van der Waals surface area contributed by atoms with E-state index >= 15 is 0 Å². The van der Waals surface area contributed by atoms with Crippen molar-refractivity contribution in [2.24, 2.45) is 0 Å². The predicted molar refractivity (Wildman–Crippen MR) is 86.3 cm³/mol. The van der Waals surface area contributed by atoms with Gasteiger partial charge in [0.25, 0.3) is 0 Å². The van der Waals surface area contributed by atoms with Crippen molar-refractivity contribution in [2.75, 3.05) is 4.31 Å². The third kappa shape index (κ3) is 2.99. The van der Waals surface area contributed by atoms with E-state index in [0.29, 0.717) is 9.99 Å². The number of nitrogens with zero attached hydrogens (tertiary/aromatic N) is 4. The first-order valence-electron chi connectivity index (χ1n) is 6.42. The molecule has 0 aliphatic carbocycles. The van der Waals surface area contributed by atoms with E-state index in [9.17, 15) is 17.8 Å². The highest BCUT2D eigenvalue weighted by Crippen LogP contribution is 2.34. The van der Waals surface area contributed by atoms with Crippen LogP contribution in [0.5, 0.6) is 0 Å². The Bertz CT molecular complexity index is 964. The minimum absolute atomic E-state index is 0.0696. The number of rotatable bonds is 5. The van der Waals surface area contributed by atoms with Crippen molar-refractivity contribution in [3.63, 3.8) is 0 Å². The molecule has 0 bridgehead atoms. The maximum absolute atomic E-state index is 11.8. The van der Waals surface area contributed by atoms with E-state index in [1.807, 2.05) is 0 Å². The number of aromatic carboxylic acids is 1. The number of hydrogen-bond donors (Lipinski definition) is 2. The van der Waals surface area contributed by atoms with Gasteiger partial charge < -0.3 is 5.11 Å². The van der Waals surface area contributed by atoms with Gasteiger partial charge in [-0.05, 0) is 30.3 Å². The molecule has 0 saturated carbocycles. The summed E-state index contributed by atoms with van der Waals surface area (Å²) in [6.07, 6.45) is 3.30. The van der Waals surface area contributed by atoms with Crippen LogP contribution in [-0.4, -0.2) is 38.8 Å².